The van der Waals surface area contributed by atoms with Crippen LogP contribution in [0.5, 0.6) is 0 Å². The van der Waals surface area contributed by atoms with Crippen LogP contribution in [-0.2, 0) is 22.4 Å². The van der Waals surface area contributed by atoms with Crippen LogP contribution in [0.4, 0.5) is 10.9 Å². The molecule has 0 radical (unpaired) electrons. The predicted molar refractivity (Wildman–Crippen MR) is 102 cm³/mol. The minimum absolute atomic E-state index is 0.124. The maximum Gasteiger partial charge on any atom is 0.341 e. The first-order chi connectivity index (χ1) is 12.5. The average Bonchev–Trinajstić information content (AvgIpc) is 3.15. The zero-order valence-electron chi connectivity index (χ0n) is 14.6. The molecule has 0 aliphatic heterocycles. The standard InChI is InChI=1S/C16H21N5O3S2/c1-3-24-14(23)12-9-5-4-8(2)6-10(9)26-13(12)18-11(22)7-25-16-19-15(17)20-21-16/h8H,3-7H2,1-2H3,(H,18,22)(H3,17,19,20,21). The molecular weight excluding hydrogens is 374 g/mol. The van der Waals surface area contributed by atoms with Gasteiger partial charge in [-0.05, 0) is 37.7 Å². The minimum Gasteiger partial charge on any atom is -0.462 e. The molecule has 0 bridgehead atoms. The molecule has 26 heavy (non-hydrogen) atoms. The number of esters is 1. The lowest BCUT2D eigenvalue weighted by atomic mass is 9.88. The quantitative estimate of drug-likeness (QED) is 0.507. The van der Waals surface area contributed by atoms with Crippen molar-refractivity contribution in [1.82, 2.24) is 15.2 Å². The highest BCUT2D eigenvalue weighted by molar-refractivity contribution is 7.99. The zero-order valence-corrected chi connectivity index (χ0v) is 16.3. The normalized spacial score (nSPS) is 16.2. The van der Waals surface area contributed by atoms with Gasteiger partial charge in [-0.2, -0.15) is 4.98 Å². The van der Waals surface area contributed by atoms with E-state index >= 15 is 0 Å². The maximum atomic E-state index is 12.4. The maximum absolute atomic E-state index is 12.4. The number of nitrogen functional groups attached to an aromatic ring is 1. The second kappa shape index (κ2) is 8.09. The van der Waals surface area contributed by atoms with Gasteiger partial charge >= 0.3 is 5.97 Å². The van der Waals surface area contributed by atoms with Gasteiger partial charge in [-0.3, -0.25) is 4.79 Å². The number of carbonyl (C=O) groups is 2. The number of nitrogens with one attached hydrogen (secondary N) is 2. The fourth-order valence-electron chi connectivity index (χ4n) is 2.87. The van der Waals surface area contributed by atoms with E-state index in [1.54, 1.807) is 6.92 Å². The van der Waals surface area contributed by atoms with Crippen LogP contribution in [-0.4, -0.2) is 39.4 Å². The molecule has 0 aromatic carbocycles. The van der Waals surface area contributed by atoms with Crippen LogP contribution in [0.2, 0.25) is 0 Å². The second-order valence-electron chi connectivity index (χ2n) is 6.12. The molecule has 8 nitrogen and oxygen atoms in total. The number of H-pyrrole nitrogens is 1. The summed E-state index contributed by atoms with van der Waals surface area (Å²) in [5.74, 6) is 0.308. The number of ether oxygens (including phenoxy) is 1. The predicted octanol–water partition coefficient (Wildman–Crippen LogP) is 2.48. The summed E-state index contributed by atoms with van der Waals surface area (Å²) in [7, 11) is 0. The fraction of sp³-hybridized carbons (Fsp3) is 0.500. The highest BCUT2D eigenvalue weighted by atomic mass is 32.2. The molecule has 140 valence electrons. The Morgan fingerprint density at radius 1 is 1.50 bits per heavy atom. The molecule has 10 heteroatoms. The molecule has 0 saturated heterocycles. The van der Waals surface area contributed by atoms with Crippen molar-refractivity contribution >= 4 is 45.9 Å². The van der Waals surface area contributed by atoms with Gasteiger partial charge < -0.3 is 15.8 Å². The van der Waals surface area contributed by atoms with Crippen molar-refractivity contribution in [1.29, 1.82) is 0 Å². The molecule has 1 amide bonds. The van der Waals surface area contributed by atoms with Crippen molar-refractivity contribution in [2.24, 2.45) is 5.92 Å². The van der Waals surface area contributed by atoms with E-state index in [4.69, 9.17) is 10.5 Å². The van der Waals surface area contributed by atoms with E-state index in [0.29, 0.717) is 28.2 Å². The highest BCUT2D eigenvalue weighted by Gasteiger charge is 2.29. The molecule has 4 N–H and O–H groups in total. The molecule has 1 atom stereocenters. The number of fused-ring (bicyclic) bond motifs is 1. The first kappa shape index (κ1) is 18.7. The van der Waals surface area contributed by atoms with Crippen LogP contribution in [0.15, 0.2) is 5.16 Å². The van der Waals surface area contributed by atoms with Gasteiger partial charge in [0.25, 0.3) is 0 Å². The summed E-state index contributed by atoms with van der Waals surface area (Å²) in [4.78, 5) is 29.9. The summed E-state index contributed by atoms with van der Waals surface area (Å²) in [6, 6.07) is 0. The van der Waals surface area contributed by atoms with Crippen molar-refractivity contribution in [3.05, 3.63) is 16.0 Å². The Balaban J connectivity index is 1.75. The number of aromatic amines is 1. The van der Waals surface area contributed by atoms with Crippen molar-refractivity contribution in [3.63, 3.8) is 0 Å². The van der Waals surface area contributed by atoms with E-state index in [-0.39, 0.29) is 23.6 Å². The number of anilines is 2. The summed E-state index contributed by atoms with van der Waals surface area (Å²) in [6.07, 6.45) is 2.79. The van der Waals surface area contributed by atoms with Crippen LogP contribution >= 0.6 is 23.1 Å². The molecule has 0 spiro atoms. The van der Waals surface area contributed by atoms with Gasteiger partial charge in [0.1, 0.15) is 5.00 Å². The van der Waals surface area contributed by atoms with Crippen LogP contribution in [0.25, 0.3) is 0 Å². The third kappa shape index (κ3) is 4.18. The van der Waals surface area contributed by atoms with E-state index < -0.39 is 0 Å². The van der Waals surface area contributed by atoms with Crippen molar-refractivity contribution in [3.8, 4) is 0 Å². The van der Waals surface area contributed by atoms with Crippen LogP contribution in [0.3, 0.4) is 0 Å². The van der Waals surface area contributed by atoms with E-state index in [0.717, 1.165) is 29.7 Å². The Morgan fingerprint density at radius 3 is 3.00 bits per heavy atom. The lowest BCUT2D eigenvalue weighted by molar-refractivity contribution is -0.113. The Labute approximate surface area is 159 Å². The Kier molecular flexibility index (Phi) is 5.82. The number of hydrogen-bond donors (Lipinski definition) is 3. The molecule has 2 heterocycles. The Bertz CT molecular complexity index is 817. The molecule has 2 aromatic rings. The molecular formula is C16H21N5O3S2. The lowest BCUT2D eigenvalue weighted by Crippen LogP contribution is -2.17. The zero-order chi connectivity index (χ0) is 18.7. The van der Waals surface area contributed by atoms with E-state index in [1.165, 1.54) is 23.1 Å². The number of rotatable bonds is 6. The second-order valence-corrected chi connectivity index (χ2v) is 8.16. The Hall–Kier alpha value is -2.07. The summed E-state index contributed by atoms with van der Waals surface area (Å²) < 4.78 is 5.21. The average molecular weight is 396 g/mol. The lowest BCUT2D eigenvalue weighted by Gasteiger charge is -2.18. The van der Waals surface area contributed by atoms with Gasteiger partial charge in [-0.15, -0.1) is 16.4 Å². The third-order valence-electron chi connectivity index (χ3n) is 4.06. The van der Waals surface area contributed by atoms with Gasteiger partial charge in [0.15, 0.2) is 0 Å². The SMILES string of the molecule is CCOC(=O)c1c(NC(=O)CSc2n[nH]c(N)n2)sc2c1CCC(C)C2. The molecule has 2 aromatic heterocycles. The molecule has 0 fully saturated rings. The summed E-state index contributed by atoms with van der Waals surface area (Å²) >= 11 is 2.65. The topological polar surface area (TPSA) is 123 Å². The number of carbonyl (C=O) groups excluding carboxylic acids is 2. The summed E-state index contributed by atoms with van der Waals surface area (Å²) in [5.41, 5.74) is 7.00. The number of nitrogens with two attached hydrogens (primary N) is 1. The van der Waals surface area contributed by atoms with Crippen LogP contribution in [0, 0.1) is 5.92 Å². The number of thiophene rings is 1. The highest BCUT2D eigenvalue weighted by Crippen LogP contribution is 2.40. The van der Waals surface area contributed by atoms with E-state index in [9.17, 15) is 9.59 Å². The number of nitrogens with zero attached hydrogens (tertiary/aromatic N) is 2. The molecule has 1 aliphatic carbocycles. The molecule has 1 aliphatic rings. The van der Waals surface area contributed by atoms with E-state index in [2.05, 4.69) is 27.4 Å². The van der Waals surface area contributed by atoms with Crippen molar-refractivity contribution < 1.29 is 14.3 Å². The third-order valence-corrected chi connectivity index (χ3v) is 6.08. The van der Waals surface area contributed by atoms with Gasteiger partial charge in [0.2, 0.25) is 17.0 Å². The van der Waals surface area contributed by atoms with Crippen molar-refractivity contribution in [2.45, 2.75) is 38.3 Å². The fourth-order valence-corrected chi connectivity index (χ4v) is 4.89. The van der Waals surface area contributed by atoms with Gasteiger partial charge in [-0.1, -0.05) is 18.7 Å². The number of thioether (sulfide) groups is 1. The summed E-state index contributed by atoms with van der Waals surface area (Å²) in [5, 5.41) is 10.2. The summed E-state index contributed by atoms with van der Waals surface area (Å²) in [6.45, 7) is 4.27. The van der Waals surface area contributed by atoms with Crippen LogP contribution < -0.4 is 11.1 Å². The smallest absolute Gasteiger partial charge is 0.341 e. The number of amides is 1. The number of aromatic nitrogens is 3. The molecule has 3 rings (SSSR count). The van der Waals surface area contributed by atoms with Gasteiger partial charge in [-0.25, -0.2) is 9.89 Å². The minimum atomic E-state index is -0.371. The Morgan fingerprint density at radius 2 is 2.31 bits per heavy atom. The number of hydrogen-bond acceptors (Lipinski definition) is 8. The van der Waals surface area contributed by atoms with Gasteiger partial charge in [0.05, 0.1) is 17.9 Å². The molecule has 0 saturated carbocycles. The first-order valence-electron chi connectivity index (χ1n) is 8.40. The van der Waals surface area contributed by atoms with Crippen LogP contribution in [0.1, 0.15) is 41.1 Å². The van der Waals surface area contributed by atoms with E-state index in [1.807, 2.05) is 0 Å². The van der Waals surface area contributed by atoms with Crippen molar-refractivity contribution in [2.75, 3.05) is 23.4 Å². The first-order valence-corrected chi connectivity index (χ1v) is 10.2. The largest absolute Gasteiger partial charge is 0.462 e. The van der Waals surface area contributed by atoms with Gasteiger partial charge in [0, 0.05) is 4.88 Å². The molecule has 1 unspecified atom stereocenters. The monoisotopic (exact) mass is 395 g/mol.